The van der Waals surface area contributed by atoms with Crippen LogP contribution < -0.4 is 0 Å². The predicted octanol–water partition coefficient (Wildman–Crippen LogP) is 0.838. The minimum absolute atomic E-state index is 0.275. The van der Waals surface area contributed by atoms with E-state index in [1.54, 1.807) is 15.2 Å². The van der Waals surface area contributed by atoms with Crippen molar-refractivity contribution in [2.24, 2.45) is 0 Å². The lowest BCUT2D eigenvalue weighted by Crippen LogP contribution is -2.34. The van der Waals surface area contributed by atoms with Gasteiger partial charge in [0.1, 0.15) is 4.90 Å². The Morgan fingerprint density at radius 2 is 2.10 bits per heavy atom. The molecule has 6 nitrogen and oxygen atoms in total. The highest BCUT2D eigenvalue weighted by Crippen LogP contribution is 2.17. The second kappa shape index (κ2) is 6.89. The molecule has 20 heavy (non-hydrogen) atoms. The Morgan fingerprint density at radius 1 is 1.30 bits per heavy atom. The van der Waals surface area contributed by atoms with Gasteiger partial charge < -0.3 is 4.90 Å². The van der Waals surface area contributed by atoms with Crippen LogP contribution >= 0.6 is 11.6 Å². The first kappa shape index (κ1) is 15.8. The Morgan fingerprint density at radius 3 is 2.85 bits per heavy atom. The molecule has 1 aliphatic rings. The minimum Gasteiger partial charge on any atom is -0.305 e. The molecule has 1 saturated heterocycles. The van der Waals surface area contributed by atoms with Crippen molar-refractivity contribution in [1.29, 1.82) is 0 Å². The summed E-state index contributed by atoms with van der Waals surface area (Å²) in [6, 6.07) is 0. The lowest BCUT2D eigenvalue weighted by Gasteiger charge is -2.19. The molecule has 0 amide bonds. The van der Waals surface area contributed by atoms with Gasteiger partial charge in [0.05, 0.1) is 6.20 Å². The van der Waals surface area contributed by atoms with E-state index in [2.05, 4.69) is 10.00 Å². The van der Waals surface area contributed by atoms with Crippen molar-refractivity contribution in [2.45, 2.75) is 24.3 Å². The van der Waals surface area contributed by atoms with Crippen molar-refractivity contribution >= 4 is 21.6 Å². The van der Waals surface area contributed by atoms with E-state index < -0.39 is 10.0 Å². The topological polar surface area (TPSA) is 58.4 Å². The van der Waals surface area contributed by atoms with Gasteiger partial charge in [-0.2, -0.15) is 9.40 Å². The number of aromatic nitrogens is 2. The van der Waals surface area contributed by atoms with Gasteiger partial charge in [-0.15, -0.1) is 11.6 Å². The fourth-order valence-corrected chi connectivity index (χ4v) is 3.78. The summed E-state index contributed by atoms with van der Waals surface area (Å²) in [5.41, 5.74) is 0. The molecule has 0 aromatic carbocycles. The van der Waals surface area contributed by atoms with Crippen LogP contribution in [-0.2, 0) is 16.6 Å². The van der Waals surface area contributed by atoms with Gasteiger partial charge in [0.15, 0.2) is 0 Å². The van der Waals surface area contributed by atoms with Crippen molar-refractivity contribution in [3.05, 3.63) is 12.4 Å². The lowest BCUT2D eigenvalue weighted by molar-refractivity contribution is 0.347. The SMILES string of the molecule is CN1CCCN(S(=O)(=O)c2cnn(CCCCl)c2)CC1. The van der Waals surface area contributed by atoms with Crippen molar-refractivity contribution in [2.75, 3.05) is 39.1 Å². The van der Waals surface area contributed by atoms with Gasteiger partial charge in [-0.1, -0.05) is 0 Å². The molecule has 1 aromatic rings. The van der Waals surface area contributed by atoms with E-state index in [1.807, 2.05) is 7.05 Å². The highest BCUT2D eigenvalue weighted by molar-refractivity contribution is 7.89. The lowest BCUT2D eigenvalue weighted by atomic mass is 10.4. The first-order valence-electron chi connectivity index (χ1n) is 6.81. The van der Waals surface area contributed by atoms with Crippen LogP contribution in [0.25, 0.3) is 0 Å². The minimum atomic E-state index is -3.42. The van der Waals surface area contributed by atoms with Crippen LogP contribution in [0.2, 0.25) is 0 Å². The van der Waals surface area contributed by atoms with Crippen molar-refractivity contribution < 1.29 is 8.42 Å². The van der Waals surface area contributed by atoms with Crippen LogP contribution in [0.5, 0.6) is 0 Å². The molecule has 114 valence electrons. The Balaban J connectivity index is 2.10. The summed E-state index contributed by atoms with van der Waals surface area (Å²) in [7, 11) is -1.41. The third kappa shape index (κ3) is 3.72. The molecular weight excluding hydrogens is 300 g/mol. The first-order chi connectivity index (χ1) is 9.54. The molecule has 1 aliphatic heterocycles. The quantitative estimate of drug-likeness (QED) is 0.754. The van der Waals surface area contributed by atoms with Gasteiger partial charge >= 0.3 is 0 Å². The zero-order valence-electron chi connectivity index (χ0n) is 11.7. The van der Waals surface area contributed by atoms with Crippen LogP contribution in [0.4, 0.5) is 0 Å². The molecule has 0 saturated carbocycles. The normalized spacial score (nSPS) is 19.1. The van der Waals surface area contributed by atoms with Gasteiger partial charge in [-0.3, -0.25) is 4.68 Å². The predicted molar refractivity (Wildman–Crippen MR) is 78.4 cm³/mol. The maximum absolute atomic E-state index is 12.6. The fourth-order valence-electron chi connectivity index (χ4n) is 2.23. The van der Waals surface area contributed by atoms with Gasteiger partial charge in [0.2, 0.25) is 10.0 Å². The van der Waals surface area contributed by atoms with Crippen LogP contribution in [0.3, 0.4) is 0 Å². The highest BCUT2D eigenvalue weighted by Gasteiger charge is 2.27. The number of hydrogen-bond donors (Lipinski definition) is 0. The molecule has 0 unspecified atom stereocenters. The van der Waals surface area contributed by atoms with Gasteiger partial charge in [-0.05, 0) is 26.4 Å². The largest absolute Gasteiger partial charge is 0.305 e. The molecule has 2 rings (SSSR count). The van der Waals surface area contributed by atoms with E-state index in [0.717, 1.165) is 25.9 Å². The molecule has 8 heteroatoms. The Labute approximate surface area is 125 Å². The second-order valence-electron chi connectivity index (χ2n) is 5.04. The maximum Gasteiger partial charge on any atom is 0.246 e. The zero-order valence-corrected chi connectivity index (χ0v) is 13.3. The van der Waals surface area contributed by atoms with E-state index in [9.17, 15) is 8.42 Å². The third-order valence-electron chi connectivity index (χ3n) is 3.45. The van der Waals surface area contributed by atoms with Gasteiger partial charge in [-0.25, -0.2) is 8.42 Å². The molecule has 0 spiro atoms. The standard InChI is InChI=1S/C12H21ClN4O2S/c1-15-5-3-7-17(9-8-15)20(18,19)12-10-14-16(11-12)6-2-4-13/h10-11H,2-9H2,1H3. The Bertz CT molecular complexity index is 531. The summed E-state index contributed by atoms with van der Waals surface area (Å²) in [6.07, 6.45) is 4.65. The molecule has 0 bridgehead atoms. The molecule has 2 heterocycles. The van der Waals surface area contributed by atoms with E-state index >= 15 is 0 Å². The monoisotopic (exact) mass is 320 g/mol. The first-order valence-corrected chi connectivity index (χ1v) is 8.78. The van der Waals surface area contributed by atoms with Crippen molar-refractivity contribution in [3.8, 4) is 0 Å². The van der Waals surface area contributed by atoms with Crippen molar-refractivity contribution in [3.63, 3.8) is 0 Å². The average Bonchev–Trinajstić information content (AvgIpc) is 2.79. The number of likely N-dealkylation sites (N-methyl/N-ethyl adjacent to an activating group) is 1. The Kier molecular flexibility index (Phi) is 5.42. The zero-order chi connectivity index (χ0) is 14.6. The summed E-state index contributed by atoms with van der Waals surface area (Å²) >= 11 is 5.63. The summed E-state index contributed by atoms with van der Waals surface area (Å²) < 4.78 is 28.3. The third-order valence-corrected chi connectivity index (χ3v) is 5.57. The van der Waals surface area contributed by atoms with E-state index in [0.29, 0.717) is 25.5 Å². The fraction of sp³-hybridized carbons (Fsp3) is 0.750. The molecule has 1 fully saturated rings. The number of halogens is 1. The summed E-state index contributed by atoms with van der Waals surface area (Å²) in [4.78, 5) is 2.43. The van der Waals surface area contributed by atoms with Gasteiger partial charge in [0, 0.05) is 38.3 Å². The maximum atomic E-state index is 12.6. The van der Waals surface area contributed by atoms with Crippen molar-refractivity contribution in [1.82, 2.24) is 19.0 Å². The Hall–Kier alpha value is -0.630. The molecule has 1 aromatic heterocycles. The van der Waals surface area contributed by atoms with E-state index in [-0.39, 0.29) is 4.90 Å². The second-order valence-corrected chi connectivity index (χ2v) is 7.36. The summed E-state index contributed by atoms with van der Waals surface area (Å²) in [5.74, 6) is 0.542. The smallest absolute Gasteiger partial charge is 0.246 e. The van der Waals surface area contributed by atoms with E-state index in [4.69, 9.17) is 11.6 Å². The van der Waals surface area contributed by atoms with Crippen LogP contribution in [-0.4, -0.2) is 66.5 Å². The molecular formula is C12H21ClN4O2S. The van der Waals surface area contributed by atoms with Gasteiger partial charge in [0.25, 0.3) is 0 Å². The molecule has 0 aliphatic carbocycles. The van der Waals surface area contributed by atoms with Crippen LogP contribution in [0.15, 0.2) is 17.3 Å². The number of nitrogens with zero attached hydrogens (tertiary/aromatic N) is 4. The number of alkyl halides is 1. The van der Waals surface area contributed by atoms with Crippen LogP contribution in [0.1, 0.15) is 12.8 Å². The van der Waals surface area contributed by atoms with E-state index in [1.165, 1.54) is 6.20 Å². The molecule has 0 atom stereocenters. The van der Waals surface area contributed by atoms with Crippen LogP contribution in [0, 0.1) is 0 Å². The molecule has 0 N–H and O–H groups in total. The number of rotatable bonds is 5. The summed E-state index contributed by atoms with van der Waals surface area (Å²) in [5, 5.41) is 4.09. The number of hydrogen-bond acceptors (Lipinski definition) is 4. The highest BCUT2D eigenvalue weighted by atomic mass is 35.5. The number of sulfonamides is 1. The summed E-state index contributed by atoms with van der Waals surface area (Å²) in [6.45, 7) is 3.44. The number of aryl methyl sites for hydroxylation is 1. The average molecular weight is 321 g/mol. The molecule has 0 radical (unpaired) electrons.